The number of rotatable bonds is 4. The molecule has 2 atom stereocenters. The van der Waals surface area contributed by atoms with Crippen LogP contribution in [0.25, 0.3) is 0 Å². The van der Waals surface area contributed by atoms with Crippen molar-refractivity contribution in [1.82, 2.24) is 14.5 Å². The molecule has 4 aliphatic rings. The summed E-state index contributed by atoms with van der Waals surface area (Å²) in [6, 6.07) is 2.12. The van der Waals surface area contributed by atoms with Gasteiger partial charge in [0.15, 0.2) is 0 Å². The Morgan fingerprint density at radius 1 is 1.29 bits per heavy atom. The highest BCUT2D eigenvalue weighted by molar-refractivity contribution is 6.37. The SMILES string of the molecule is Cn1c(N2CCC3(CC2)C[C@H](F)C[C@H]3N)nc2c(c1=O)C(c1ccnc(NC3CC3)c1Cl)=NC2. The van der Waals surface area contributed by atoms with Crippen molar-refractivity contribution in [3.8, 4) is 0 Å². The molecule has 2 saturated carbocycles. The van der Waals surface area contributed by atoms with E-state index < -0.39 is 6.17 Å². The molecule has 0 aromatic carbocycles. The lowest BCUT2D eigenvalue weighted by Gasteiger charge is -2.42. The zero-order valence-corrected chi connectivity index (χ0v) is 20.0. The summed E-state index contributed by atoms with van der Waals surface area (Å²) in [6.07, 6.45) is 5.72. The molecule has 4 heterocycles. The number of pyridine rings is 1. The standard InChI is InChI=1S/C24H29ClFN7O/c1-32-22(34)18-16(12-29-20(18)15-4-7-28-21(19(15)25)30-14-2-3-14)31-23(32)33-8-5-24(6-9-33)11-13(26)10-17(24)27/h4,7,13-14,17H,2-3,5-6,8-12,27H2,1H3,(H,28,30)/t13-,17-/m1/s1. The van der Waals surface area contributed by atoms with Gasteiger partial charge in [-0.15, -0.1) is 0 Å². The third kappa shape index (κ3) is 3.51. The molecule has 0 radical (unpaired) electrons. The largest absolute Gasteiger partial charge is 0.366 e. The number of aliphatic imine (C=N–C) groups is 1. The molecule has 0 amide bonds. The zero-order chi connectivity index (χ0) is 23.6. The maximum atomic E-state index is 14.0. The summed E-state index contributed by atoms with van der Waals surface area (Å²) in [6.45, 7) is 1.75. The number of nitrogens with zero attached hydrogens (tertiary/aromatic N) is 5. The van der Waals surface area contributed by atoms with Gasteiger partial charge in [0.25, 0.3) is 5.56 Å². The molecule has 1 spiro atoms. The second-order valence-electron chi connectivity index (χ2n) is 10.2. The van der Waals surface area contributed by atoms with Gasteiger partial charge in [-0.3, -0.25) is 14.4 Å². The van der Waals surface area contributed by atoms with E-state index in [9.17, 15) is 9.18 Å². The van der Waals surface area contributed by atoms with E-state index in [0.29, 0.717) is 77.8 Å². The number of nitrogens with one attached hydrogen (secondary N) is 1. The third-order valence-electron chi connectivity index (χ3n) is 7.99. The van der Waals surface area contributed by atoms with Gasteiger partial charge in [0.1, 0.15) is 12.0 Å². The molecule has 8 nitrogen and oxygen atoms in total. The van der Waals surface area contributed by atoms with Crippen LogP contribution in [0.15, 0.2) is 22.1 Å². The smallest absolute Gasteiger partial charge is 0.264 e. The first-order chi connectivity index (χ1) is 16.4. The molecular weight excluding hydrogens is 457 g/mol. The summed E-state index contributed by atoms with van der Waals surface area (Å²) in [4.78, 5) is 29.5. The van der Waals surface area contributed by atoms with Crippen LogP contribution in [0, 0.1) is 5.41 Å². The minimum Gasteiger partial charge on any atom is -0.366 e. The number of hydrogen-bond donors (Lipinski definition) is 2. The average molecular weight is 486 g/mol. The normalized spacial score (nSPS) is 25.5. The van der Waals surface area contributed by atoms with Gasteiger partial charge in [-0.1, -0.05) is 11.6 Å². The van der Waals surface area contributed by atoms with Crippen LogP contribution in [0.1, 0.15) is 55.3 Å². The molecule has 2 aromatic heterocycles. The predicted molar refractivity (Wildman–Crippen MR) is 131 cm³/mol. The van der Waals surface area contributed by atoms with E-state index in [-0.39, 0.29) is 17.0 Å². The first-order valence-corrected chi connectivity index (χ1v) is 12.4. The van der Waals surface area contributed by atoms with Crippen molar-refractivity contribution in [1.29, 1.82) is 0 Å². The number of halogens is 2. The van der Waals surface area contributed by atoms with Gasteiger partial charge < -0.3 is 16.0 Å². The second-order valence-corrected chi connectivity index (χ2v) is 10.6. The molecule has 3 fully saturated rings. The van der Waals surface area contributed by atoms with E-state index in [1.54, 1.807) is 23.9 Å². The Balaban J connectivity index is 1.28. The van der Waals surface area contributed by atoms with Gasteiger partial charge in [0.05, 0.1) is 28.5 Å². The number of piperidine rings is 1. The maximum Gasteiger partial charge on any atom is 0.264 e. The number of nitrogens with two attached hydrogens (primary N) is 1. The molecule has 1 saturated heterocycles. The molecule has 34 heavy (non-hydrogen) atoms. The molecule has 2 aliphatic heterocycles. The van der Waals surface area contributed by atoms with E-state index in [2.05, 4.69) is 20.2 Å². The van der Waals surface area contributed by atoms with Crippen LogP contribution in [0.4, 0.5) is 16.2 Å². The molecule has 2 aliphatic carbocycles. The minimum atomic E-state index is -0.806. The molecule has 0 unspecified atom stereocenters. The van der Waals surface area contributed by atoms with E-state index in [4.69, 9.17) is 22.3 Å². The lowest BCUT2D eigenvalue weighted by molar-refractivity contribution is 0.183. The monoisotopic (exact) mass is 485 g/mol. The van der Waals surface area contributed by atoms with Gasteiger partial charge in [-0.05, 0) is 50.0 Å². The van der Waals surface area contributed by atoms with Crippen molar-refractivity contribution in [2.45, 2.75) is 63.3 Å². The van der Waals surface area contributed by atoms with E-state index in [1.165, 1.54) is 0 Å². The van der Waals surface area contributed by atoms with Gasteiger partial charge in [0, 0.05) is 44.0 Å². The highest BCUT2D eigenvalue weighted by Crippen LogP contribution is 2.47. The summed E-state index contributed by atoms with van der Waals surface area (Å²) in [7, 11) is 1.75. The summed E-state index contributed by atoms with van der Waals surface area (Å²) in [5.74, 6) is 1.26. The summed E-state index contributed by atoms with van der Waals surface area (Å²) in [5.41, 5.74) is 8.47. The quantitative estimate of drug-likeness (QED) is 0.690. The molecule has 180 valence electrons. The zero-order valence-electron chi connectivity index (χ0n) is 19.2. The Kier molecular flexibility index (Phi) is 5.18. The Morgan fingerprint density at radius 2 is 2.06 bits per heavy atom. The molecule has 10 heteroatoms. The van der Waals surface area contributed by atoms with Crippen molar-refractivity contribution in [3.05, 3.63) is 44.5 Å². The second kappa shape index (κ2) is 8.02. The van der Waals surface area contributed by atoms with Crippen molar-refractivity contribution in [2.75, 3.05) is 23.3 Å². The number of fused-ring (bicyclic) bond motifs is 1. The number of hydrogen-bond acceptors (Lipinski definition) is 7. The van der Waals surface area contributed by atoms with Crippen LogP contribution in [-0.4, -0.2) is 51.6 Å². The molecular formula is C24H29ClFN7O. The van der Waals surface area contributed by atoms with Crippen LogP contribution in [0.5, 0.6) is 0 Å². The van der Waals surface area contributed by atoms with Crippen molar-refractivity contribution in [2.24, 2.45) is 23.2 Å². The van der Waals surface area contributed by atoms with E-state index >= 15 is 0 Å². The molecule has 3 N–H and O–H groups in total. The Bertz CT molecular complexity index is 1230. The number of aromatic nitrogens is 3. The van der Waals surface area contributed by atoms with Crippen molar-refractivity contribution < 1.29 is 4.39 Å². The first kappa shape index (κ1) is 22.0. The topological polar surface area (TPSA) is 101 Å². The predicted octanol–water partition coefficient (Wildman–Crippen LogP) is 2.80. The third-order valence-corrected chi connectivity index (χ3v) is 8.38. The summed E-state index contributed by atoms with van der Waals surface area (Å²) >= 11 is 6.67. The minimum absolute atomic E-state index is 0.0955. The Morgan fingerprint density at radius 3 is 2.74 bits per heavy atom. The number of alkyl halides is 1. The molecule has 6 rings (SSSR count). The first-order valence-electron chi connectivity index (χ1n) is 12.1. The highest BCUT2D eigenvalue weighted by Gasteiger charge is 2.47. The molecule has 0 bridgehead atoms. The van der Waals surface area contributed by atoms with Gasteiger partial charge in [-0.25, -0.2) is 14.4 Å². The Labute approximate surface area is 202 Å². The highest BCUT2D eigenvalue weighted by atomic mass is 35.5. The maximum absolute atomic E-state index is 14.0. The average Bonchev–Trinajstić information content (AvgIpc) is 3.47. The van der Waals surface area contributed by atoms with Crippen LogP contribution in [0.2, 0.25) is 5.02 Å². The van der Waals surface area contributed by atoms with Gasteiger partial charge in [-0.2, -0.15) is 0 Å². The fraction of sp³-hybridized carbons (Fsp3) is 0.583. The van der Waals surface area contributed by atoms with Crippen LogP contribution in [0.3, 0.4) is 0 Å². The number of anilines is 2. The van der Waals surface area contributed by atoms with Crippen molar-refractivity contribution >= 4 is 29.1 Å². The van der Waals surface area contributed by atoms with Crippen LogP contribution >= 0.6 is 11.6 Å². The fourth-order valence-corrected chi connectivity index (χ4v) is 6.05. The molecule has 2 aromatic rings. The van der Waals surface area contributed by atoms with Crippen molar-refractivity contribution in [3.63, 3.8) is 0 Å². The van der Waals surface area contributed by atoms with E-state index in [0.717, 1.165) is 25.7 Å². The summed E-state index contributed by atoms with van der Waals surface area (Å²) < 4.78 is 15.6. The fourth-order valence-electron chi connectivity index (χ4n) is 5.80. The van der Waals surface area contributed by atoms with Gasteiger partial charge in [0.2, 0.25) is 5.95 Å². The van der Waals surface area contributed by atoms with E-state index in [1.807, 2.05) is 0 Å². The van der Waals surface area contributed by atoms with Crippen LogP contribution in [-0.2, 0) is 13.6 Å². The Hall–Kier alpha value is -2.52. The lowest BCUT2D eigenvalue weighted by atomic mass is 9.74. The van der Waals surface area contributed by atoms with Crippen LogP contribution < -0.4 is 21.5 Å². The van der Waals surface area contributed by atoms with Gasteiger partial charge >= 0.3 is 0 Å². The lowest BCUT2D eigenvalue weighted by Crippen LogP contribution is -2.48. The summed E-state index contributed by atoms with van der Waals surface area (Å²) in [5, 5.41) is 3.82.